The maximum atomic E-state index is 13.0. The normalized spacial score (nSPS) is 10.1. The lowest BCUT2D eigenvalue weighted by atomic mass is 10.1. The van der Waals surface area contributed by atoms with E-state index in [9.17, 15) is 19.5 Å². The van der Waals surface area contributed by atoms with Crippen molar-refractivity contribution < 1.29 is 29.0 Å². The topological polar surface area (TPSA) is 114 Å². The number of carboxylic acids is 1. The fourth-order valence-electron chi connectivity index (χ4n) is 2.92. The van der Waals surface area contributed by atoms with E-state index in [2.05, 4.69) is 10.6 Å². The van der Waals surface area contributed by atoms with Gasteiger partial charge in [-0.15, -0.1) is 0 Å². The van der Waals surface area contributed by atoms with Gasteiger partial charge in [-0.3, -0.25) is 9.59 Å². The minimum Gasteiger partial charge on any atom is -0.493 e. The van der Waals surface area contributed by atoms with Crippen LogP contribution in [-0.4, -0.2) is 37.1 Å². The third-order valence-electron chi connectivity index (χ3n) is 4.46. The Kier molecular flexibility index (Phi) is 6.51. The van der Waals surface area contributed by atoms with Gasteiger partial charge in [0.05, 0.1) is 36.7 Å². The Morgan fingerprint density at radius 2 is 1.29 bits per heavy atom. The molecule has 3 aromatic carbocycles. The molecule has 0 saturated carbocycles. The molecule has 0 heterocycles. The van der Waals surface area contributed by atoms with Crippen LogP contribution in [0.25, 0.3) is 0 Å². The summed E-state index contributed by atoms with van der Waals surface area (Å²) in [6.45, 7) is 0. The van der Waals surface area contributed by atoms with E-state index in [1.54, 1.807) is 48.5 Å². The van der Waals surface area contributed by atoms with Gasteiger partial charge in [-0.1, -0.05) is 30.3 Å². The highest BCUT2D eigenvalue weighted by Gasteiger charge is 2.20. The summed E-state index contributed by atoms with van der Waals surface area (Å²) in [7, 11) is 2.78. The molecule has 3 rings (SSSR count). The van der Waals surface area contributed by atoms with Crippen LogP contribution in [0.5, 0.6) is 11.5 Å². The molecule has 8 heteroatoms. The van der Waals surface area contributed by atoms with Gasteiger partial charge < -0.3 is 25.2 Å². The lowest BCUT2D eigenvalue weighted by Gasteiger charge is -2.15. The molecule has 0 unspecified atom stereocenters. The molecular weight excluding hydrogens is 400 g/mol. The van der Waals surface area contributed by atoms with Crippen molar-refractivity contribution in [1.29, 1.82) is 0 Å². The first-order chi connectivity index (χ1) is 14.9. The molecule has 0 atom stereocenters. The van der Waals surface area contributed by atoms with Crippen LogP contribution in [0, 0.1) is 0 Å². The molecule has 31 heavy (non-hydrogen) atoms. The van der Waals surface area contributed by atoms with Crippen molar-refractivity contribution in [2.75, 3.05) is 24.9 Å². The van der Waals surface area contributed by atoms with Crippen LogP contribution in [0.3, 0.4) is 0 Å². The first kappa shape index (κ1) is 21.4. The molecule has 0 aromatic heterocycles. The van der Waals surface area contributed by atoms with Gasteiger partial charge in [0.2, 0.25) is 0 Å². The van der Waals surface area contributed by atoms with Gasteiger partial charge >= 0.3 is 5.97 Å². The van der Waals surface area contributed by atoms with Crippen LogP contribution in [0.15, 0.2) is 66.7 Å². The van der Waals surface area contributed by atoms with E-state index in [4.69, 9.17) is 9.47 Å². The van der Waals surface area contributed by atoms with E-state index >= 15 is 0 Å². The van der Waals surface area contributed by atoms with Crippen LogP contribution >= 0.6 is 0 Å². The number of hydrogen-bond donors (Lipinski definition) is 3. The number of anilines is 2. The molecule has 158 valence electrons. The Labute approximate surface area is 178 Å². The number of carbonyl (C=O) groups excluding carboxylic acids is 2. The second kappa shape index (κ2) is 9.45. The zero-order valence-corrected chi connectivity index (χ0v) is 16.8. The van der Waals surface area contributed by atoms with Crippen LogP contribution in [0.2, 0.25) is 0 Å². The van der Waals surface area contributed by atoms with Crippen LogP contribution < -0.4 is 20.1 Å². The van der Waals surface area contributed by atoms with E-state index in [-0.39, 0.29) is 39.9 Å². The zero-order valence-electron chi connectivity index (χ0n) is 16.8. The molecule has 2 amide bonds. The molecule has 0 aliphatic carbocycles. The van der Waals surface area contributed by atoms with Crippen LogP contribution in [0.4, 0.5) is 11.4 Å². The van der Waals surface area contributed by atoms with Crippen molar-refractivity contribution in [2.45, 2.75) is 0 Å². The largest absolute Gasteiger partial charge is 0.493 e. The van der Waals surface area contributed by atoms with Gasteiger partial charge in [0.25, 0.3) is 11.8 Å². The van der Waals surface area contributed by atoms with Gasteiger partial charge in [-0.2, -0.15) is 0 Å². The number of carboxylic acid groups (broad SMARTS) is 1. The highest BCUT2D eigenvalue weighted by molar-refractivity contribution is 6.14. The second-order valence-electron chi connectivity index (χ2n) is 6.38. The van der Waals surface area contributed by atoms with E-state index in [0.717, 1.165) is 0 Å². The predicted octanol–water partition coefficient (Wildman–Crippen LogP) is 3.91. The van der Waals surface area contributed by atoms with Gasteiger partial charge in [-0.05, 0) is 24.3 Å². The highest BCUT2D eigenvalue weighted by Crippen LogP contribution is 2.34. The van der Waals surface area contributed by atoms with E-state index in [1.807, 2.05) is 0 Å². The maximum absolute atomic E-state index is 13.0. The molecule has 3 N–H and O–H groups in total. The van der Waals surface area contributed by atoms with Gasteiger partial charge in [0.1, 0.15) is 0 Å². The lowest BCUT2D eigenvalue weighted by molar-refractivity contribution is 0.0697. The molecule has 0 saturated heterocycles. The molecule has 0 fully saturated rings. The number of methoxy groups -OCH3 is 2. The Morgan fingerprint density at radius 1 is 0.710 bits per heavy atom. The number of amides is 2. The van der Waals surface area contributed by atoms with Crippen molar-refractivity contribution in [2.24, 2.45) is 0 Å². The molecular formula is C23H20N2O6. The summed E-state index contributed by atoms with van der Waals surface area (Å²) in [5, 5.41) is 14.8. The first-order valence-electron chi connectivity index (χ1n) is 9.20. The molecule has 8 nitrogen and oxygen atoms in total. The number of nitrogens with one attached hydrogen (secondary N) is 2. The summed E-state index contributed by atoms with van der Waals surface area (Å²) in [6.07, 6.45) is 0. The summed E-state index contributed by atoms with van der Waals surface area (Å²) in [4.78, 5) is 37.1. The molecule has 0 radical (unpaired) electrons. The lowest BCUT2D eigenvalue weighted by Crippen LogP contribution is -2.19. The first-order valence-corrected chi connectivity index (χ1v) is 9.20. The average molecular weight is 420 g/mol. The van der Waals surface area contributed by atoms with Crippen molar-refractivity contribution in [3.63, 3.8) is 0 Å². The summed E-state index contributed by atoms with van der Waals surface area (Å²) in [6, 6.07) is 17.6. The maximum Gasteiger partial charge on any atom is 0.337 e. The smallest absolute Gasteiger partial charge is 0.337 e. The molecule has 0 aliphatic rings. The Bertz CT molecular complexity index is 1130. The number of para-hydroxylation sites is 1. The standard InChI is InChI=1S/C23H20N2O6/c1-30-19-12-16(23(28)29)18(13-20(19)31-2)25-22(27)15-10-6-7-11-17(15)24-21(26)14-8-4-3-5-9-14/h3-13H,1-2H3,(H,24,26)(H,25,27)(H,28,29). The highest BCUT2D eigenvalue weighted by atomic mass is 16.5. The Balaban J connectivity index is 1.91. The molecule has 0 aliphatic heterocycles. The van der Waals surface area contributed by atoms with Crippen molar-refractivity contribution in [1.82, 2.24) is 0 Å². The van der Waals surface area contributed by atoms with Crippen LogP contribution in [0.1, 0.15) is 31.1 Å². The Morgan fingerprint density at radius 3 is 1.94 bits per heavy atom. The minimum absolute atomic E-state index is 0.0272. The molecule has 3 aromatic rings. The number of carbonyl (C=O) groups is 3. The van der Waals surface area contributed by atoms with E-state index < -0.39 is 11.9 Å². The Hall–Kier alpha value is -4.33. The summed E-state index contributed by atoms with van der Waals surface area (Å²) >= 11 is 0. The average Bonchev–Trinajstić information content (AvgIpc) is 2.79. The summed E-state index contributed by atoms with van der Waals surface area (Å²) < 4.78 is 10.3. The third kappa shape index (κ3) is 4.81. The summed E-state index contributed by atoms with van der Waals surface area (Å²) in [5.41, 5.74) is 0.742. The van der Waals surface area contributed by atoms with Gasteiger partial charge in [0, 0.05) is 17.7 Å². The number of rotatable bonds is 7. The van der Waals surface area contributed by atoms with Crippen molar-refractivity contribution in [3.05, 3.63) is 83.4 Å². The fraction of sp³-hybridized carbons (Fsp3) is 0.0870. The zero-order chi connectivity index (χ0) is 22.4. The fourth-order valence-corrected chi connectivity index (χ4v) is 2.92. The molecule has 0 spiro atoms. The number of hydrogen-bond acceptors (Lipinski definition) is 5. The quantitative estimate of drug-likeness (QED) is 0.534. The number of ether oxygens (including phenoxy) is 2. The van der Waals surface area contributed by atoms with E-state index in [1.165, 1.54) is 32.4 Å². The summed E-state index contributed by atoms with van der Waals surface area (Å²) in [5.74, 6) is -1.75. The van der Waals surface area contributed by atoms with Crippen LogP contribution in [-0.2, 0) is 0 Å². The third-order valence-corrected chi connectivity index (χ3v) is 4.46. The predicted molar refractivity (Wildman–Crippen MR) is 115 cm³/mol. The monoisotopic (exact) mass is 420 g/mol. The van der Waals surface area contributed by atoms with Gasteiger partial charge in [-0.25, -0.2) is 4.79 Å². The second-order valence-corrected chi connectivity index (χ2v) is 6.38. The SMILES string of the molecule is COc1cc(NC(=O)c2ccccc2NC(=O)c2ccccc2)c(C(=O)O)cc1OC. The number of benzene rings is 3. The minimum atomic E-state index is -1.25. The molecule has 0 bridgehead atoms. The number of aromatic carboxylic acids is 1. The van der Waals surface area contributed by atoms with Crippen molar-refractivity contribution >= 4 is 29.2 Å². The van der Waals surface area contributed by atoms with Gasteiger partial charge in [0.15, 0.2) is 11.5 Å². The van der Waals surface area contributed by atoms with E-state index in [0.29, 0.717) is 5.56 Å². The van der Waals surface area contributed by atoms with Crippen molar-refractivity contribution in [3.8, 4) is 11.5 Å².